The molecule has 0 aromatic carbocycles. The molecule has 2 aromatic rings. The molecule has 7 nitrogen and oxygen atoms in total. The molecule has 1 atom stereocenters. The van der Waals surface area contributed by atoms with Crippen molar-refractivity contribution in [3.63, 3.8) is 0 Å². The summed E-state index contributed by atoms with van der Waals surface area (Å²) in [6, 6.07) is 0.0876. The Kier molecular flexibility index (Phi) is 4.11. The highest BCUT2D eigenvalue weighted by molar-refractivity contribution is 5.93. The highest BCUT2D eigenvalue weighted by atomic mass is 16.4. The predicted octanol–water partition coefficient (Wildman–Crippen LogP) is 2.35. The zero-order valence-electron chi connectivity index (χ0n) is 13.1. The lowest BCUT2D eigenvalue weighted by atomic mass is 10.1. The maximum Gasteiger partial charge on any atom is 0.358 e. The van der Waals surface area contributed by atoms with Crippen molar-refractivity contribution in [2.45, 2.75) is 46.6 Å². The van der Waals surface area contributed by atoms with Crippen LogP contribution in [0, 0.1) is 13.8 Å². The number of carboxylic acids is 1. The molecule has 0 bridgehead atoms. The fourth-order valence-corrected chi connectivity index (χ4v) is 2.64. The van der Waals surface area contributed by atoms with Crippen molar-refractivity contribution in [3.8, 4) is 11.3 Å². The fraction of sp³-hybridized carbons (Fsp3) is 0.571. The van der Waals surface area contributed by atoms with Crippen molar-refractivity contribution in [1.29, 1.82) is 0 Å². The molecule has 0 fully saturated rings. The Labute approximate surface area is 123 Å². The van der Waals surface area contributed by atoms with Crippen molar-refractivity contribution in [2.24, 2.45) is 7.05 Å². The summed E-state index contributed by atoms with van der Waals surface area (Å²) in [7, 11) is 1.84. The molecule has 1 N–H and O–H groups in total. The number of carbonyl (C=O) groups is 1. The number of aromatic nitrogens is 5. The highest BCUT2D eigenvalue weighted by Gasteiger charge is 2.27. The van der Waals surface area contributed by atoms with Crippen molar-refractivity contribution in [3.05, 3.63) is 17.1 Å². The molecule has 0 spiro atoms. The van der Waals surface area contributed by atoms with E-state index < -0.39 is 5.97 Å². The molecule has 0 aliphatic carbocycles. The molecule has 2 heterocycles. The van der Waals surface area contributed by atoms with Gasteiger partial charge in [0.25, 0.3) is 0 Å². The topological polar surface area (TPSA) is 85.8 Å². The molecule has 0 aliphatic rings. The van der Waals surface area contributed by atoms with Crippen molar-refractivity contribution in [2.75, 3.05) is 0 Å². The summed E-state index contributed by atoms with van der Waals surface area (Å²) in [5.74, 6) is -1.07. The van der Waals surface area contributed by atoms with E-state index in [9.17, 15) is 9.90 Å². The number of carboxylic acid groups (broad SMARTS) is 1. The Morgan fingerprint density at radius 3 is 2.52 bits per heavy atom. The van der Waals surface area contributed by atoms with E-state index in [1.54, 1.807) is 9.36 Å². The van der Waals surface area contributed by atoms with E-state index in [4.69, 9.17) is 0 Å². The first-order valence-electron chi connectivity index (χ1n) is 7.07. The first-order valence-corrected chi connectivity index (χ1v) is 7.07. The van der Waals surface area contributed by atoms with Gasteiger partial charge in [0.15, 0.2) is 5.69 Å². The first-order chi connectivity index (χ1) is 9.88. The maximum absolute atomic E-state index is 11.5. The highest BCUT2D eigenvalue weighted by Crippen LogP contribution is 2.31. The van der Waals surface area contributed by atoms with Crippen LogP contribution in [0.1, 0.15) is 54.6 Å². The zero-order valence-corrected chi connectivity index (χ0v) is 13.1. The Morgan fingerprint density at radius 2 is 2.05 bits per heavy atom. The van der Waals surface area contributed by atoms with Gasteiger partial charge in [0.2, 0.25) is 0 Å². The number of aryl methyl sites for hydroxylation is 2. The summed E-state index contributed by atoms with van der Waals surface area (Å²) in [6.07, 6.45) is 1.90. The molecular formula is C14H21N5O2. The van der Waals surface area contributed by atoms with E-state index >= 15 is 0 Å². The minimum Gasteiger partial charge on any atom is -0.476 e. The van der Waals surface area contributed by atoms with Crippen LogP contribution in [0.15, 0.2) is 0 Å². The predicted molar refractivity (Wildman–Crippen MR) is 78.3 cm³/mol. The van der Waals surface area contributed by atoms with Gasteiger partial charge in [-0.3, -0.25) is 4.68 Å². The molecule has 1 unspecified atom stereocenters. The van der Waals surface area contributed by atoms with Gasteiger partial charge >= 0.3 is 5.97 Å². The van der Waals surface area contributed by atoms with Gasteiger partial charge in [-0.1, -0.05) is 18.6 Å². The first kappa shape index (κ1) is 15.2. The standard InChI is InChI=1S/C14H21N5O2/c1-6-7-8(2)19-13(12(14(20)21)15-17-19)11-9(3)16-18(5)10(11)4/h8H,6-7H2,1-5H3,(H,20,21). The van der Waals surface area contributed by atoms with Gasteiger partial charge in [-0.05, 0) is 27.2 Å². The second kappa shape index (κ2) is 5.67. The monoisotopic (exact) mass is 291 g/mol. The van der Waals surface area contributed by atoms with Gasteiger partial charge < -0.3 is 5.11 Å². The molecule has 2 rings (SSSR count). The van der Waals surface area contributed by atoms with Crippen LogP contribution in [0.2, 0.25) is 0 Å². The van der Waals surface area contributed by atoms with Gasteiger partial charge in [-0.15, -0.1) is 5.10 Å². The van der Waals surface area contributed by atoms with Crippen molar-refractivity contribution in [1.82, 2.24) is 24.8 Å². The van der Waals surface area contributed by atoms with E-state index in [2.05, 4.69) is 22.3 Å². The van der Waals surface area contributed by atoms with Crippen molar-refractivity contribution < 1.29 is 9.90 Å². The summed E-state index contributed by atoms with van der Waals surface area (Å²) >= 11 is 0. The number of hydrogen-bond donors (Lipinski definition) is 1. The summed E-state index contributed by atoms with van der Waals surface area (Å²) in [4.78, 5) is 11.5. The SMILES string of the molecule is CCCC(C)n1nnc(C(=O)O)c1-c1c(C)nn(C)c1C. The van der Waals surface area contributed by atoms with Crippen LogP contribution in [-0.2, 0) is 7.05 Å². The number of nitrogens with zero attached hydrogens (tertiary/aromatic N) is 5. The van der Waals surface area contributed by atoms with Gasteiger partial charge in [0, 0.05) is 18.3 Å². The van der Waals surface area contributed by atoms with E-state index in [0.717, 1.165) is 29.8 Å². The van der Waals surface area contributed by atoms with Gasteiger partial charge in [0.1, 0.15) is 5.69 Å². The lowest BCUT2D eigenvalue weighted by molar-refractivity contribution is 0.0691. The van der Waals surface area contributed by atoms with E-state index in [1.807, 2.05) is 27.8 Å². The van der Waals surface area contributed by atoms with Crippen LogP contribution in [0.25, 0.3) is 11.3 Å². The minimum atomic E-state index is -1.07. The van der Waals surface area contributed by atoms with Crippen LogP contribution >= 0.6 is 0 Å². The average Bonchev–Trinajstić information content (AvgIpc) is 2.92. The molecular weight excluding hydrogens is 270 g/mol. The molecule has 114 valence electrons. The zero-order chi connectivity index (χ0) is 15.7. The summed E-state index contributed by atoms with van der Waals surface area (Å²) < 4.78 is 3.46. The van der Waals surface area contributed by atoms with Gasteiger partial charge in [-0.2, -0.15) is 5.10 Å². The quantitative estimate of drug-likeness (QED) is 0.913. The largest absolute Gasteiger partial charge is 0.476 e. The number of rotatable bonds is 5. The minimum absolute atomic E-state index is 0.0165. The molecule has 21 heavy (non-hydrogen) atoms. The lowest BCUT2D eigenvalue weighted by Gasteiger charge is -2.14. The number of aromatic carboxylic acids is 1. The molecule has 0 radical (unpaired) electrons. The van der Waals surface area contributed by atoms with Gasteiger partial charge in [-0.25, -0.2) is 9.48 Å². The molecule has 0 saturated carbocycles. The Hall–Kier alpha value is -2.18. The van der Waals surface area contributed by atoms with Crippen molar-refractivity contribution >= 4 is 5.97 Å². The third-order valence-corrected chi connectivity index (χ3v) is 3.77. The number of hydrogen-bond acceptors (Lipinski definition) is 4. The average molecular weight is 291 g/mol. The van der Waals surface area contributed by atoms with Crippen LogP contribution in [0.3, 0.4) is 0 Å². The normalized spacial score (nSPS) is 12.6. The Balaban J connectivity index is 2.70. The van der Waals surface area contributed by atoms with Crippen LogP contribution in [0.4, 0.5) is 0 Å². The maximum atomic E-state index is 11.5. The summed E-state index contributed by atoms with van der Waals surface area (Å²) in [5.41, 5.74) is 3.03. The molecule has 0 saturated heterocycles. The Morgan fingerprint density at radius 1 is 1.38 bits per heavy atom. The van der Waals surface area contributed by atoms with E-state index in [-0.39, 0.29) is 11.7 Å². The van der Waals surface area contributed by atoms with Crippen LogP contribution < -0.4 is 0 Å². The summed E-state index contributed by atoms with van der Waals surface area (Å²) in [6.45, 7) is 7.90. The summed E-state index contributed by atoms with van der Waals surface area (Å²) in [5, 5.41) is 21.7. The van der Waals surface area contributed by atoms with Crippen LogP contribution in [-0.4, -0.2) is 35.9 Å². The molecule has 2 aromatic heterocycles. The van der Waals surface area contributed by atoms with E-state index in [1.165, 1.54) is 0 Å². The fourth-order valence-electron chi connectivity index (χ4n) is 2.64. The second-order valence-corrected chi connectivity index (χ2v) is 5.34. The molecule has 0 aliphatic heterocycles. The third kappa shape index (κ3) is 2.55. The molecule has 7 heteroatoms. The van der Waals surface area contributed by atoms with Gasteiger partial charge in [0.05, 0.1) is 11.7 Å². The second-order valence-electron chi connectivity index (χ2n) is 5.34. The lowest BCUT2D eigenvalue weighted by Crippen LogP contribution is -2.10. The smallest absolute Gasteiger partial charge is 0.358 e. The van der Waals surface area contributed by atoms with E-state index in [0.29, 0.717) is 5.69 Å². The van der Waals surface area contributed by atoms with Crippen LogP contribution in [0.5, 0.6) is 0 Å². The Bertz CT molecular complexity index is 671. The molecule has 0 amide bonds. The third-order valence-electron chi connectivity index (χ3n) is 3.77.